The number of hydrogen-bond donors (Lipinski definition) is 0. The average molecular weight is 653 g/mol. The summed E-state index contributed by atoms with van der Waals surface area (Å²) in [6, 6.07) is 10.9. The molecule has 0 spiro atoms. The fourth-order valence-electron chi connectivity index (χ4n) is 4.08. The van der Waals surface area contributed by atoms with Crippen LogP contribution in [0, 0.1) is 36.5 Å². The van der Waals surface area contributed by atoms with E-state index in [1.807, 2.05) is 0 Å². The second kappa shape index (κ2) is 15.1. The summed E-state index contributed by atoms with van der Waals surface area (Å²) in [5, 5.41) is 0. The van der Waals surface area contributed by atoms with Crippen LogP contribution in [-0.4, -0.2) is 10.1 Å². The Morgan fingerprint density at radius 1 is 0.759 bits per heavy atom. The van der Waals surface area contributed by atoms with Crippen LogP contribution in [0.25, 0.3) is 0 Å². The molecule has 2 fully saturated rings. The van der Waals surface area contributed by atoms with Gasteiger partial charge < -0.3 is 37.7 Å². The molecule has 0 N–H and O–H groups in total. The predicted molar refractivity (Wildman–Crippen MR) is 115 cm³/mol. The van der Waals surface area contributed by atoms with Crippen molar-refractivity contribution in [1.82, 2.24) is 0 Å². The van der Waals surface area contributed by atoms with Crippen molar-refractivity contribution in [2.45, 2.75) is 31.4 Å². The van der Waals surface area contributed by atoms with Crippen molar-refractivity contribution >= 4 is 14.5 Å². The minimum Gasteiger partial charge on any atom is -1.00 e. The average Bonchev–Trinajstić information content (AvgIpc) is 3.39. The minimum atomic E-state index is -0.627. The van der Waals surface area contributed by atoms with Crippen LogP contribution in [-0.2, 0) is 21.3 Å². The number of fused-ring (bicyclic) bond motifs is 2. The quantitative estimate of drug-likeness (QED) is 0.291. The van der Waals surface area contributed by atoms with Gasteiger partial charge in [-0.1, -0.05) is 49.3 Å². The number of allylic oxidation sites excluding steroid dienone is 8. The standard InChI is InChI=1S/2C9H11.C7H8Ge.2ClH.Hf/c2*1-2-5-9-7-3-6-8(9)4-1;1-8-7-5-3-2-4-6-7;;;/h2*1-2,4-6,8-9H,3,7H2;2-6H,1H3;2*1H;/q2*-1;;;;+2/p-2. The van der Waals surface area contributed by atoms with Gasteiger partial charge in [0.1, 0.15) is 0 Å². The largest absolute Gasteiger partial charge is 1.00 e. The molecule has 0 radical (unpaired) electrons. The van der Waals surface area contributed by atoms with E-state index in [1.54, 1.807) is 4.40 Å². The summed E-state index contributed by atoms with van der Waals surface area (Å²) in [4.78, 5) is 0. The molecule has 0 saturated heterocycles. The molecule has 4 unspecified atom stereocenters. The Morgan fingerprint density at radius 3 is 1.59 bits per heavy atom. The molecule has 0 heterocycles. The van der Waals surface area contributed by atoms with Gasteiger partial charge in [0.15, 0.2) is 0 Å². The Morgan fingerprint density at radius 2 is 1.21 bits per heavy atom. The molecular weight excluding hydrogens is 622 g/mol. The van der Waals surface area contributed by atoms with Crippen LogP contribution in [0.2, 0.25) is 5.76 Å². The van der Waals surface area contributed by atoms with Gasteiger partial charge in [0.25, 0.3) is 0 Å². The molecule has 1 aromatic rings. The molecular formula is C25H30Cl2GeHf-2. The van der Waals surface area contributed by atoms with Crippen LogP contribution in [0.4, 0.5) is 0 Å². The Bertz CT molecular complexity index is 650. The van der Waals surface area contributed by atoms with Crippen LogP contribution in [0.15, 0.2) is 78.9 Å². The molecule has 154 valence electrons. The first kappa shape index (κ1) is 27.2. The minimum absolute atomic E-state index is 0. The molecule has 0 aromatic heterocycles. The van der Waals surface area contributed by atoms with Crippen molar-refractivity contribution in [3.63, 3.8) is 0 Å². The third-order valence-corrected chi connectivity index (χ3v) is 13.6. The van der Waals surface area contributed by atoms with Gasteiger partial charge in [-0.25, -0.2) is 0 Å². The summed E-state index contributed by atoms with van der Waals surface area (Å²) < 4.78 is 1.64. The van der Waals surface area contributed by atoms with Gasteiger partial charge in [-0.05, 0) is 11.8 Å². The molecule has 4 atom stereocenters. The van der Waals surface area contributed by atoms with E-state index in [1.165, 1.54) is 47.0 Å². The first-order chi connectivity index (χ1) is 13.2. The molecule has 0 bridgehead atoms. The van der Waals surface area contributed by atoms with Crippen molar-refractivity contribution in [1.29, 1.82) is 0 Å². The molecule has 0 aliphatic heterocycles. The predicted octanol–water partition coefficient (Wildman–Crippen LogP) is -0.245. The second-order valence-corrected chi connectivity index (χ2v) is 25.5. The third-order valence-electron chi connectivity index (χ3n) is 5.68. The molecule has 4 aliphatic rings. The maximum absolute atomic E-state index is 2.43. The van der Waals surface area contributed by atoms with E-state index in [0.29, 0.717) is 0 Å². The molecule has 4 aliphatic carbocycles. The van der Waals surface area contributed by atoms with E-state index < -0.39 is 10.1 Å². The zero-order valence-corrected chi connectivity index (χ0v) is 24.3. The van der Waals surface area contributed by atoms with Crippen molar-refractivity contribution in [3.05, 3.63) is 91.8 Å². The molecule has 29 heavy (non-hydrogen) atoms. The van der Waals surface area contributed by atoms with Crippen molar-refractivity contribution < 1.29 is 46.1 Å². The molecule has 4 heteroatoms. The van der Waals surface area contributed by atoms with E-state index in [4.69, 9.17) is 0 Å². The summed E-state index contributed by atoms with van der Waals surface area (Å²) in [5.74, 6) is 5.66. The molecule has 5 rings (SSSR count). The Labute approximate surface area is 205 Å². The van der Waals surface area contributed by atoms with E-state index in [0.717, 1.165) is 23.7 Å². The second-order valence-electron chi connectivity index (χ2n) is 7.64. The van der Waals surface area contributed by atoms with Crippen LogP contribution in [0.5, 0.6) is 0 Å². The number of halogens is 2. The maximum Gasteiger partial charge on any atom is -1.00 e. The van der Waals surface area contributed by atoms with Crippen LogP contribution < -0.4 is 29.2 Å². The van der Waals surface area contributed by atoms with Gasteiger partial charge in [0, 0.05) is 0 Å². The molecule has 2 saturated carbocycles. The summed E-state index contributed by atoms with van der Waals surface area (Å²) in [7, 11) is -0.627. The zero-order valence-electron chi connectivity index (χ0n) is 17.1. The van der Waals surface area contributed by atoms with Crippen molar-refractivity contribution in [2.75, 3.05) is 0 Å². The summed E-state index contributed by atoms with van der Waals surface area (Å²) in [6.45, 7) is 0. The summed E-state index contributed by atoms with van der Waals surface area (Å²) in [6.07, 6.45) is 28.1. The van der Waals surface area contributed by atoms with E-state index in [2.05, 4.69) is 97.5 Å². The van der Waals surface area contributed by atoms with Gasteiger partial charge in [0.2, 0.25) is 0 Å². The first-order valence-corrected chi connectivity index (χ1v) is 23.7. The number of rotatable bonds is 1. The molecule has 1 aromatic carbocycles. The van der Waals surface area contributed by atoms with Crippen molar-refractivity contribution in [3.8, 4) is 0 Å². The van der Waals surface area contributed by atoms with E-state index in [9.17, 15) is 0 Å². The summed E-state index contributed by atoms with van der Waals surface area (Å²) >= 11 is 1.42. The van der Waals surface area contributed by atoms with Crippen LogP contribution in [0.3, 0.4) is 0 Å². The van der Waals surface area contributed by atoms with Gasteiger partial charge in [0.05, 0.1) is 0 Å². The normalized spacial score (nSPS) is 27.1. The molecule has 0 amide bonds. The van der Waals surface area contributed by atoms with Crippen LogP contribution >= 0.6 is 0 Å². The Hall–Kier alpha value is 0.173. The molecule has 0 nitrogen and oxygen atoms in total. The van der Waals surface area contributed by atoms with Gasteiger partial charge in [-0.3, -0.25) is 0 Å². The first-order valence-electron chi connectivity index (χ1n) is 10.2. The van der Waals surface area contributed by atoms with Gasteiger partial charge >= 0.3 is 71.8 Å². The van der Waals surface area contributed by atoms with E-state index >= 15 is 0 Å². The number of benzene rings is 1. The van der Waals surface area contributed by atoms with Gasteiger partial charge in [-0.2, -0.15) is 12.8 Å². The summed E-state index contributed by atoms with van der Waals surface area (Å²) in [5.41, 5.74) is 0. The Balaban J connectivity index is 0.000000210. The van der Waals surface area contributed by atoms with E-state index in [-0.39, 0.29) is 24.8 Å². The number of hydrogen-bond acceptors (Lipinski definition) is 0. The fraction of sp³-hybridized carbons (Fsp3) is 0.360. The maximum atomic E-state index is 2.43. The smallest absolute Gasteiger partial charge is 1.00 e. The third kappa shape index (κ3) is 9.05. The fourth-order valence-corrected chi connectivity index (χ4v) is 8.64. The topological polar surface area (TPSA) is 0 Å². The van der Waals surface area contributed by atoms with Crippen molar-refractivity contribution in [2.24, 2.45) is 23.7 Å². The van der Waals surface area contributed by atoms with Crippen LogP contribution in [0.1, 0.15) is 25.7 Å². The monoisotopic (exact) mass is 654 g/mol. The Kier molecular flexibility index (Phi) is 14.1. The van der Waals surface area contributed by atoms with Gasteiger partial charge in [-0.15, -0.1) is 24.0 Å². The SMILES string of the molecule is C1=CC2[CH-]CCC2C=C1.C1=CC2[CH-]CCC2C=C1.[CH3][Ge](=[Hf+2])[c]1ccccc1.[Cl-].[Cl-]. The zero-order chi connectivity index (χ0) is 18.9.